The lowest BCUT2D eigenvalue weighted by Crippen LogP contribution is -2.28. The molecule has 1 heterocycles. The molecule has 19 heavy (non-hydrogen) atoms. The van der Waals surface area contributed by atoms with E-state index in [1.807, 2.05) is 0 Å². The maximum Gasteiger partial charge on any atom is 0.343 e. The monoisotopic (exact) mass is 266 g/mol. The Hall–Kier alpha value is -1.95. The molecule has 1 aromatic carbocycles. The lowest BCUT2D eigenvalue weighted by molar-refractivity contribution is -0.117. The summed E-state index contributed by atoms with van der Waals surface area (Å²) in [6.07, 6.45) is 0.313. The van der Waals surface area contributed by atoms with Crippen LogP contribution in [0.2, 0.25) is 0 Å². The van der Waals surface area contributed by atoms with Crippen LogP contribution in [0.5, 0.6) is 0 Å². The molecule has 1 amide bonds. The Morgan fingerprint density at radius 2 is 2.32 bits per heavy atom. The van der Waals surface area contributed by atoms with Gasteiger partial charge in [0.15, 0.2) is 0 Å². The van der Waals surface area contributed by atoms with Crippen molar-refractivity contribution in [1.29, 1.82) is 0 Å². The van der Waals surface area contributed by atoms with Crippen LogP contribution in [0, 0.1) is 11.7 Å². The van der Waals surface area contributed by atoms with Gasteiger partial charge in [-0.25, -0.2) is 9.18 Å². The lowest BCUT2D eigenvalue weighted by Gasteiger charge is -2.19. The highest BCUT2D eigenvalue weighted by Crippen LogP contribution is 2.29. The minimum absolute atomic E-state index is 0.0289. The SMILES string of the molecule is COC(=O)c1c(F)cccc1N1CC(CN)CC1=O. The standard InChI is InChI=1S/C13H15FN2O3/c1-19-13(18)12-9(14)3-2-4-10(12)16-7-8(6-15)5-11(16)17/h2-4,8H,5-7,15H2,1H3. The summed E-state index contributed by atoms with van der Waals surface area (Å²) in [6.45, 7) is 0.772. The number of anilines is 1. The highest BCUT2D eigenvalue weighted by atomic mass is 19.1. The fourth-order valence-electron chi connectivity index (χ4n) is 2.21. The molecule has 6 heteroatoms. The summed E-state index contributed by atoms with van der Waals surface area (Å²) in [5.41, 5.74) is 5.58. The van der Waals surface area contributed by atoms with Crippen molar-refractivity contribution in [1.82, 2.24) is 0 Å². The van der Waals surface area contributed by atoms with Crippen molar-refractivity contribution < 1.29 is 18.7 Å². The zero-order valence-electron chi connectivity index (χ0n) is 10.6. The van der Waals surface area contributed by atoms with Gasteiger partial charge in [0.1, 0.15) is 11.4 Å². The summed E-state index contributed by atoms with van der Waals surface area (Å²) in [5.74, 6) is -1.63. The number of nitrogens with zero attached hydrogens (tertiary/aromatic N) is 1. The zero-order valence-corrected chi connectivity index (χ0v) is 10.6. The molecule has 2 rings (SSSR count). The van der Waals surface area contributed by atoms with Crippen molar-refractivity contribution in [2.45, 2.75) is 6.42 Å². The fraction of sp³-hybridized carbons (Fsp3) is 0.385. The van der Waals surface area contributed by atoms with E-state index in [2.05, 4.69) is 4.74 Å². The number of ether oxygens (including phenoxy) is 1. The second-order valence-corrected chi connectivity index (χ2v) is 4.44. The number of methoxy groups -OCH3 is 1. The highest BCUT2D eigenvalue weighted by Gasteiger charge is 2.33. The minimum Gasteiger partial charge on any atom is -0.465 e. The first-order chi connectivity index (χ1) is 9.08. The van der Waals surface area contributed by atoms with Crippen LogP contribution < -0.4 is 10.6 Å². The molecule has 1 saturated heterocycles. The van der Waals surface area contributed by atoms with Gasteiger partial charge in [-0.15, -0.1) is 0 Å². The van der Waals surface area contributed by atoms with Gasteiger partial charge in [-0.05, 0) is 24.6 Å². The van der Waals surface area contributed by atoms with Gasteiger partial charge in [0.05, 0.1) is 12.8 Å². The largest absolute Gasteiger partial charge is 0.465 e. The van der Waals surface area contributed by atoms with Crippen LogP contribution in [-0.2, 0) is 9.53 Å². The quantitative estimate of drug-likeness (QED) is 0.826. The third kappa shape index (κ3) is 2.44. The predicted molar refractivity (Wildman–Crippen MR) is 67.3 cm³/mol. The van der Waals surface area contributed by atoms with Gasteiger partial charge < -0.3 is 15.4 Å². The summed E-state index contributed by atoms with van der Waals surface area (Å²) in [6, 6.07) is 4.16. The predicted octanol–water partition coefficient (Wildman–Crippen LogP) is 0.924. The Morgan fingerprint density at radius 3 is 2.89 bits per heavy atom. The first-order valence-electron chi connectivity index (χ1n) is 5.95. The molecular formula is C13H15FN2O3. The van der Waals surface area contributed by atoms with E-state index in [9.17, 15) is 14.0 Å². The number of halogens is 1. The van der Waals surface area contributed by atoms with Crippen LogP contribution in [-0.4, -0.2) is 32.1 Å². The van der Waals surface area contributed by atoms with E-state index in [0.717, 1.165) is 6.07 Å². The maximum absolute atomic E-state index is 13.8. The minimum atomic E-state index is -0.794. The van der Waals surface area contributed by atoms with Crippen LogP contribution >= 0.6 is 0 Å². The van der Waals surface area contributed by atoms with Gasteiger partial charge >= 0.3 is 5.97 Å². The number of nitrogens with two attached hydrogens (primary N) is 1. The summed E-state index contributed by atoms with van der Waals surface area (Å²) < 4.78 is 18.3. The number of carbonyl (C=O) groups is 2. The number of amides is 1. The van der Waals surface area contributed by atoms with Crippen LogP contribution in [0.3, 0.4) is 0 Å². The van der Waals surface area contributed by atoms with E-state index in [0.29, 0.717) is 19.5 Å². The van der Waals surface area contributed by atoms with E-state index in [4.69, 9.17) is 5.73 Å². The van der Waals surface area contributed by atoms with E-state index < -0.39 is 11.8 Å². The highest BCUT2D eigenvalue weighted by molar-refractivity contribution is 6.03. The molecule has 1 atom stereocenters. The fourth-order valence-corrected chi connectivity index (χ4v) is 2.21. The van der Waals surface area contributed by atoms with Crippen molar-refractivity contribution in [3.63, 3.8) is 0 Å². The van der Waals surface area contributed by atoms with Gasteiger partial charge in [0, 0.05) is 13.0 Å². The molecule has 1 aliphatic heterocycles. The molecule has 0 aromatic heterocycles. The molecule has 1 aromatic rings. The van der Waals surface area contributed by atoms with Crippen molar-refractivity contribution in [3.05, 3.63) is 29.6 Å². The van der Waals surface area contributed by atoms with Gasteiger partial charge in [0.25, 0.3) is 0 Å². The second-order valence-electron chi connectivity index (χ2n) is 4.44. The Balaban J connectivity index is 2.43. The molecule has 1 fully saturated rings. The van der Waals surface area contributed by atoms with Crippen LogP contribution in [0.15, 0.2) is 18.2 Å². The second kappa shape index (κ2) is 5.36. The topological polar surface area (TPSA) is 72.6 Å². The number of hydrogen-bond donors (Lipinski definition) is 1. The maximum atomic E-state index is 13.8. The molecule has 0 radical (unpaired) electrons. The van der Waals surface area contributed by atoms with E-state index in [1.165, 1.54) is 24.1 Å². The van der Waals surface area contributed by atoms with Crippen molar-refractivity contribution in [3.8, 4) is 0 Å². The molecule has 0 saturated carbocycles. The van der Waals surface area contributed by atoms with E-state index in [-0.39, 0.29) is 23.1 Å². The van der Waals surface area contributed by atoms with Crippen molar-refractivity contribution >= 4 is 17.6 Å². The smallest absolute Gasteiger partial charge is 0.343 e. The molecule has 0 bridgehead atoms. The number of carbonyl (C=O) groups excluding carboxylic acids is 2. The molecule has 5 nitrogen and oxygen atoms in total. The Kier molecular flexibility index (Phi) is 3.80. The van der Waals surface area contributed by atoms with Gasteiger partial charge in [-0.3, -0.25) is 4.79 Å². The Morgan fingerprint density at radius 1 is 1.58 bits per heavy atom. The Labute approximate surface area is 110 Å². The molecule has 2 N–H and O–H groups in total. The molecule has 0 spiro atoms. The summed E-state index contributed by atoms with van der Waals surface area (Å²) in [5, 5.41) is 0. The third-order valence-corrected chi connectivity index (χ3v) is 3.21. The molecule has 1 aliphatic rings. The van der Waals surface area contributed by atoms with E-state index >= 15 is 0 Å². The van der Waals surface area contributed by atoms with Crippen LogP contribution in [0.25, 0.3) is 0 Å². The lowest BCUT2D eigenvalue weighted by atomic mass is 10.1. The molecular weight excluding hydrogens is 251 g/mol. The number of esters is 1. The molecule has 1 unspecified atom stereocenters. The number of hydrogen-bond acceptors (Lipinski definition) is 4. The first-order valence-corrected chi connectivity index (χ1v) is 5.95. The number of benzene rings is 1. The van der Waals surface area contributed by atoms with E-state index in [1.54, 1.807) is 0 Å². The first kappa shape index (κ1) is 13.5. The van der Waals surface area contributed by atoms with Gasteiger partial charge in [-0.1, -0.05) is 6.07 Å². The van der Waals surface area contributed by atoms with Crippen LogP contribution in [0.4, 0.5) is 10.1 Å². The van der Waals surface area contributed by atoms with Gasteiger partial charge in [0.2, 0.25) is 5.91 Å². The Bertz CT molecular complexity index is 519. The summed E-state index contributed by atoms with van der Waals surface area (Å²) in [4.78, 5) is 25.0. The average Bonchev–Trinajstić information content (AvgIpc) is 2.79. The summed E-state index contributed by atoms with van der Waals surface area (Å²) in [7, 11) is 1.17. The van der Waals surface area contributed by atoms with Crippen molar-refractivity contribution in [2.24, 2.45) is 11.7 Å². The molecule has 0 aliphatic carbocycles. The van der Waals surface area contributed by atoms with Gasteiger partial charge in [-0.2, -0.15) is 0 Å². The third-order valence-electron chi connectivity index (χ3n) is 3.21. The normalized spacial score (nSPS) is 18.8. The van der Waals surface area contributed by atoms with Crippen LogP contribution in [0.1, 0.15) is 16.8 Å². The summed E-state index contributed by atoms with van der Waals surface area (Å²) >= 11 is 0. The van der Waals surface area contributed by atoms with Crippen molar-refractivity contribution in [2.75, 3.05) is 25.1 Å². The average molecular weight is 266 g/mol. The number of rotatable bonds is 3. The molecule has 102 valence electrons. The zero-order chi connectivity index (χ0) is 14.0.